The lowest BCUT2D eigenvalue weighted by Gasteiger charge is -1.97. The molecule has 1 rings (SSSR count). The van der Waals surface area contributed by atoms with Gasteiger partial charge in [-0.15, -0.1) is 0 Å². The summed E-state index contributed by atoms with van der Waals surface area (Å²) in [5.41, 5.74) is 1.26. The van der Waals surface area contributed by atoms with Crippen molar-refractivity contribution in [1.29, 1.82) is 0 Å². The van der Waals surface area contributed by atoms with Gasteiger partial charge in [-0.3, -0.25) is 0 Å². The van der Waals surface area contributed by atoms with E-state index in [-0.39, 0.29) is 5.48 Å². The molecular weight excluding hydrogens is 180 g/mol. The molecule has 3 heteroatoms. The minimum absolute atomic E-state index is 0. The molecule has 0 aliphatic carbocycles. The van der Waals surface area contributed by atoms with Crippen LogP contribution < -0.4 is 4.74 Å². The van der Waals surface area contributed by atoms with Crippen molar-refractivity contribution in [1.82, 2.24) is 0 Å². The molecule has 0 radical (unpaired) electrons. The highest BCUT2D eigenvalue weighted by atomic mass is 16.5. The van der Waals surface area contributed by atoms with Crippen LogP contribution in [0.5, 0.6) is 5.75 Å². The molecule has 0 aliphatic heterocycles. The van der Waals surface area contributed by atoms with E-state index in [4.69, 9.17) is 9.84 Å². The first kappa shape index (κ1) is 18.7. The Morgan fingerprint density at radius 2 is 1.36 bits per heavy atom. The van der Waals surface area contributed by atoms with E-state index in [9.17, 15) is 0 Å². The summed E-state index contributed by atoms with van der Waals surface area (Å²) in [4.78, 5) is 0. The third kappa shape index (κ3) is 9.03. The molecule has 0 saturated carbocycles. The van der Waals surface area contributed by atoms with Gasteiger partial charge in [-0.2, -0.15) is 0 Å². The molecule has 0 bridgehead atoms. The van der Waals surface area contributed by atoms with E-state index in [0.717, 1.165) is 12.9 Å². The van der Waals surface area contributed by atoms with Gasteiger partial charge in [-0.05, 0) is 19.1 Å². The Balaban J connectivity index is -0.000000216. The van der Waals surface area contributed by atoms with Crippen molar-refractivity contribution in [2.75, 3.05) is 14.2 Å². The summed E-state index contributed by atoms with van der Waals surface area (Å²) in [6.45, 7) is 6.06. The molecule has 3 N–H and O–H groups in total. The number of rotatable bonds is 1. The van der Waals surface area contributed by atoms with Gasteiger partial charge in [0.25, 0.3) is 0 Å². The van der Waals surface area contributed by atoms with E-state index in [2.05, 4.69) is 6.92 Å². The maximum atomic E-state index is 7.00. The average molecular weight is 202 g/mol. The average Bonchev–Trinajstić information content (AvgIpc) is 2.25. The largest absolute Gasteiger partial charge is 0.497 e. The standard InChI is InChI=1S/C8H10O.C2H6.CH4O.H2O/c1-7-3-5-8(9-2)6-4-7;2*1-2;/h3-6H,1-2H3;1-2H3;2H,1H3;1H2. The molecule has 14 heavy (non-hydrogen) atoms. The van der Waals surface area contributed by atoms with Crippen LogP contribution in [0.4, 0.5) is 0 Å². The smallest absolute Gasteiger partial charge is 0.118 e. The van der Waals surface area contributed by atoms with Crippen molar-refractivity contribution in [2.45, 2.75) is 20.8 Å². The fraction of sp³-hybridized carbons (Fsp3) is 0.455. The van der Waals surface area contributed by atoms with Crippen LogP contribution in [0.15, 0.2) is 24.3 Å². The summed E-state index contributed by atoms with van der Waals surface area (Å²) in [5.74, 6) is 0.917. The summed E-state index contributed by atoms with van der Waals surface area (Å²) in [7, 11) is 2.67. The lowest BCUT2D eigenvalue weighted by molar-refractivity contribution is 0.399. The molecule has 0 heterocycles. The Hall–Kier alpha value is -1.06. The van der Waals surface area contributed by atoms with Crippen LogP contribution in [0, 0.1) is 6.92 Å². The Kier molecular flexibility index (Phi) is 19.3. The Morgan fingerprint density at radius 1 is 1.00 bits per heavy atom. The van der Waals surface area contributed by atoms with Crippen molar-refractivity contribution < 1.29 is 15.3 Å². The van der Waals surface area contributed by atoms with Gasteiger partial charge in [0.1, 0.15) is 5.75 Å². The molecule has 1 aromatic rings. The Labute approximate surface area is 86.7 Å². The van der Waals surface area contributed by atoms with Gasteiger partial charge in [-0.25, -0.2) is 0 Å². The maximum absolute atomic E-state index is 7.00. The van der Waals surface area contributed by atoms with Crippen LogP contribution in [0.25, 0.3) is 0 Å². The van der Waals surface area contributed by atoms with Gasteiger partial charge < -0.3 is 15.3 Å². The fourth-order valence-electron chi connectivity index (χ4n) is 0.674. The molecule has 3 nitrogen and oxygen atoms in total. The normalized spacial score (nSPS) is 6.71. The topological polar surface area (TPSA) is 61.0 Å². The third-order valence-corrected chi connectivity index (χ3v) is 1.26. The predicted octanol–water partition coefficient (Wildman–Crippen LogP) is 1.81. The zero-order valence-electron chi connectivity index (χ0n) is 9.66. The van der Waals surface area contributed by atoms with Crippen LogP contribution in [-0.2, 0) is 0 Å². The summed E-state index contributed by atoms with van der Waals surface area (Å²) in [5, 5.41) is 7.00. The first-order chi connectivity index (χ1) is 6.33. The molecule has 0 unspecified atom stereocenters. The molecular formula is C11H22O3. The molecule has 0 aromatic heterocycles. The second-order valence-electron chi connectivity index (χ2n) is 2.02. The molecule has 1 aromatic carbocycles. The number of methoxy groups -OCH3 is 1. The highest BCUT2D eigenvalue weighted by molar-refractivity contribution is 5.25. The van der Waals surface area contributed by atoms with Crippen LogP contribution in [-0.4, -0.2) is 24.8 Å². The van der Waals surface area contributed by atoms with E-state index in [1.165, 1.54) is 5.56 Å². The SMILES string of the molecule is CC.CO.COc1ccc(C)cc1.O. The maximum Gasteiger partial charge on any atom is 0.118 e. The fourth-order valence-corrected chi connectivity index (χ4v) is 0.674. The predicted molar refractivity (Wildman–Crippen MR) is 60.8 cm³/mol. The second-order valence-corrected chi connectivity index (χ2v) is 2.02. The van der Waals surface area contributed by atoms with Crippen LogP contribution in [0.2, 0.25) is 0 Å². The highest BCUT2D eigenvalue weighted by Gasteiger charge is 1.85. The van der Waals surface area contributed by atoms with E-state index in [0.29, 0.717) is 0 Å². The van der Waals surface area contributed by atoms with Gasteiger partial charge >= 0.3 is 0 Å². The number of aliphatic hydroxyl groups excluding tert-OH is 1. The van der Waals surface area contributed by atoms with Gasteiger partial charge in [0, 0.05) is 7.11 Å². The zero-order valence-corrected chi connectivity index (χ0v) is 9.66. The molecule has 0 spiro atoms. The quantitative estimate of drug-likeness (QED) is 0.755. The number of aryl methyl sites for hydroxylation is 1. The van der Waals surface area contributed by atoms with Gasteiger partial charge in [0.2, 0.25) is 0 Å². The Bertz CT molecular complexity index is 182. The van der Waals surface area contributed by atoms with Crippen molar-refractivity contribution in [3.8, 4) is 5.75 Å². The molecule has 0 amide bonds. The first-order valence-corrected chi connectivity index (χ1v) is 4.38. The molecule has 0 fully saturated rings. The van der Waals surface area contributed by atoms with Crippen LogP contribution in [0.3, 0.4) is 0 Å². The van der Waals surface area contributed by atoms with Crippen molar-refractivity contribution in [3.05, 3.63) is 29.8 Å². The summed E-state index contributed by atoms with van der Waals surface area (Å²) < 4.78 is 4.97. The van der Waals surface area contributed by atoms with E-state index < -0.39 is 0 Å². The first-order valence-electron chi connectivity index (χ1n) is 4.38. The minimum Gasteiger partial charge on any atom is -0.497 e. The van der Waals surface area contributed by atoms with Crippen LogP contribution >= 0.6 is 0 Å². The van der Waals surface area contributed by atoms with E-state index >= 15 is 0 Å². The molecule has 0 saturated heterocycles. The molecule has 0 aliphatic rings. The van der Waals surface area contributed by atoms with Gasteiger partial charge in [-0.1, -0.05) is 31.5 Å². The summed E-state index contributed by atoms with van der Waals surface area (Å²) in [6, 6.07) is 7.96. The number of hydrogen-bond acceptors (Lipinski definition) is 2. The molecule has 84 valence electrons. The van der Waals surface area contributed by atoms with Gasteiger partial charge in [0.15, 0.2) is 0 Å². The van der Waals surface area contributed by atoms with Crippen molar-refractivity contribution >= 4 is 0 Å². The number of aliphatic hydroxyl groups is 1. The van der Waals surface area contributed by atoms with Crippen molar-refractivity contribution in [2.24, 2.45) is 0 Å². The third-order valence-electron chi connectivity index (χ3n) is 1.26. The number of ether oxygens (including phenoxy) is 1. The summed E-state index contributed by atoms with van der Waals surface area (Å²) in [6.07, 6.45) is 0. The lowest BCUT2D eigenvalue weighted by Crippen LogP contribution is -1.80. The Morgan fingerprint density at radius 3 is 1.64 bits per heavy atom. The number of benzene rings is 1. The summed E-state index contributed by atoms with van der Waals surface area (Å²) >= 11 is 0. The molecule has 0 atom stereocenters. The second kappa shape index (κ2) is 14.5. The number of hydrogen-bond donors (Lipinski definition) is 1. The van der Waals surface area contributed by atoms with E-state index in [1.807, 2.05) is 38.1 Å². The van der Waals surface area contributed by atoms with Gasteiger partial charge in [0.05, 0.1) is 7.11 Å². The highest BCUT2D eigenvalue weighted by Crippen LogP contribution is 2.09. The minimum atomic E-state index is 0. The van der Waals surface area contributed by atoms with Crippen LogP contribution in [0.1, 0.15) is 19.4 Å². The van der Waals surface area contributed by atoms with E-state index in [1.54, 1.807) is 7.11 Å². The lowest BCUT2D eigenvalue weighted by atomic mass is 10.2. The van der Waals surface area contributed by atoms with Crippen molar-refractivity contribution in [3.63, 3.8) is 0 Å². The monoisotopic (exact) mass is 202 g/mol. The zero-order chi connectivity index (χ0) is 10.7.